The molecular weight excluding hydrogens is 315 g/mol. The average molecular weight is 330 g/mol. The summed E-state index contributed by atoms with van der Waals surface area (Å²) in [6, 6.07) is 11.3. The zero-order valence-electron chi connectivity index (χ0n) is 12.9. The molecule has 2 aromatic rings. The van der Waals surface area contributed by atoms with Crippen LogP contribution >= 0.6 is 0 Å². The van der Waals surface area contributed by atoms with Gasteiger partial charge in [-0.3, -0.25) is 10.1 Å². The van der Waals surface area contributed by atoms with Crippen molar-refractivity contribution in [1.29, 1.82) is 0 Å². The summed E-state index contributed by atoms with van der Waals surface area (Å²) in [6.07, 6.45) is 1.25. The number of hydrogen-bond acceptors (Lipinski definition) is 5. The molecule has 0 aromatic heterocycles. The lowest BCUT2D eigenvalue weighted by atomic mass is 10.1. The van der Waals surface area contributed by atoms with E-state index in [0.717, 1.165) is 0 Å². The van der Waals surface area contributed by atoms with Crippen molar-refractivity contribution in [2.24, 2.45) is 0 Å². The SMILES string of the molecule is CCOC(=O)/C=C(\Nc1ccc([N+](=O)[O-])cc1)c1ccc(F)cc1. The minimum atomic E-state index is -0.550. The van der Waals surface area contributed by atoms with Crippen LogP contribution in [-0.2, 0) is 9.53 Å². The predicted octanol–water partition coefficient (Wildman–Crippen LogP) is 3.75. The highest BCUT2D eigenvalue weighted by atomic mass is 19.1. The quantitative estimate of drug-likeness (QED) is 0.377. The molecule has 0 spiro atoms. The Labute approximate surface area is 137 Å². The predicted molar refractivity (Wildman–Crippen MR) is 87.7 cm³/mol. The first-order valence-electron chi connectivity index (χ1n) is 7.15. The third kappa shape index (κ3) is 4.64. The van der Waals surface area contributed by atoms with Crippen LogP contribution < -0.4 is 5.32 Å². The van der Waals surface area contributed by atoms with Crippen LogP contribution in [0.4, 0.5) is 15.8 Å². The normalized spacial score (nSPS) is 11.0. The van der Waals surface area contributed by atoms with Gasteiger partial charge in [0.05, 0.1) is 17.2 Å². The number of carbonyl (C=O) groups is 1. The van der Waals surface area contributed by atoms with Crippen molar-refractivity contribution in [1.82, 2.24) is 0 Å². The number of nitrogens with zero attached hydrogens (tertiary/aromatic N) is 1. The van der Waals surface area contributed by atoms with E-state index in [4.69, 9.17) is 4.74 Å². The van der Waals surface area contributed by atoms with E-state index < -0.39 is 16.7 Å². The Bertz CT molecular complexity index is 755. The molecule has 0 unspecified atom stereocenters. The first-order valence-corrected chi connectivity index (χ1v) is 7.15. The van der Waals surface area contributed by atoms with Gasteiger partial charge >= 0.3 is 5.97 Å². The summed E-state index contributed by atoms with van der Waals surface area (Å²) >= 11 is 0. The van der Waals surface area contributed by atoms with Crippen molar-refractivity contribution >= 4 is 23.0 Å². The molecule has 0 radical (unpaired) electrons. The molecule has 0 aliphatic carbocycles. The molecule has 0 heterocycles. The highest BCUT2D eigenvalue weighted by molar-refractivity contribution is 5.94. The monoisotopic (exact) mass is 330 g/mol. The van der Waals surface area contributed by atoms with Crippen molar-refractivity contribution in [3.8, 4) is 0 Å². The molecule has 0 aliphatic heterocycles. The number of non-ortho nitro benzene ring substituents is 1. The van der Waals surface area contributed by atoms with Crippen molar-refractivity contribution in [3.63, 3.8) is 0 Å². The maximum Gasteiger partial charge on any atom is 0.332 e. The number of rotatable bonds is 6. The molecule has 0 aliphatic rings. The molecule has 0 atom stereocenters. The number of nitro benzene ring substituents is 1. The molecule has 6 nitrogen and oxygen atoms in total. The van der Waals surface area contributed by atoms with E-state index in [2.05, 4.69) is 5.32 Å². The van der Waals surface area contributed by atoms with E-state index in [9.17, 15) is 19.3 Å². The van der Waals surface area contributed by atoms with Gasteiger partial charge in [-0.05, 0) is 48.9 Å². The summed E-state index contributed by atoms with van der Waals surface area (Å²) in [5, 5.41) is 13.7. The molecule has 1 N–H and O–H groups in total. The Hall–Kier alpha value is -3.22. The van der Waals surface area contributed by atoms with Crippen molar-refractivity contribution in [2.45, 2.75) is 6.92 Å². The van der Waals surface area contributed by atoms with Gasteiger partial charge in [-0.2, -0.15) is 0 Å². The third-order valence-corrected chi connectivity index (χ3v) is 3.06. The van der Waals surface area contributed by atoms with Gasteiger partial charge in [0.15, 0.2) is 0 Å². The van der Waals surface area contributed by atoms with Gasteiger partial charge in [0.2, 0.25) is 0 Å². The maximum absolute atomic E-state index is 13.1. The van der Waals surface area contributed by atoms with Crippen LogP contribution in [0.15, 0.2) is 54.6 Å². The number of nitro groups is 1. The van der Waals surface area contributed by atoms with Gasteiger partial charge in [-0.25, -0.2) is 9.18 Å². The van der Waals surface area contributed by atoms with Crippen molar-refractivity contribution in [3.05, 3.63) is 76.1 Å². The zero-order valence-corrected chi connectivity index (χ0v) is 12.9. The summed E-state index contributed by atoms with van der Waals surface area (Å²) in [6.45, 7) is 1.91. The summed E-state index contributed by atoms with van der Waals surface area (Å²) in [5.41, 5.74) is 1.46. The van der Waals surface area contributed by atoms with Crippen LogP contribution in [-0.4, -0.2) is 17.5 Å². The summed E-state index contributed by atoms with van der Waals surface area (Å²) in [4.78, 5) is 21.9. The lowest BCUT2D eigenvalue weighted by Gasteiger charge is -2.11. The molecular formula is C17H15FN2O4. The first kappa shape index (κ1) is 17.1. The maximum atomic E-state index is 13.1. The summed E-state index contributed by atoms with van der Waals surface area (Å²) < 4.78 is 18.0. The van der Waals surface area contributed by atoms with Crippen molar-refractivity contribution < 1.29 is 18.8 Å². The topological polar surface area (TPSA) is 81.5 Å². The molecule has 7 heteroatoms. The highest BCUT2D eigenvalue weighted by Crippen LogP contribution is 2.21. The van der Waals surface area contributed by atoms with Crippen LogP contribution in [0.2, 0.25) is 0 Å². The van der Waals surface area contributed by atoms with Gasteiger partial charge in [0.25, 0.3) is 5.69 Å². The van der Waals surface area contributed by atoms with Gasteiger partial charge in [0, 0.05) is 23.9 Å². The van der Waals surface area contributed by atoms with E-state index in [1.54, 1.807) is 6.92 Å². The lowest BCUT2D eigenvalue weighted by Crippen LogP contribution is -2.06. The Kier molecular flexibility index (Phi) is 5.62. The van der Waals surface area contributed by atoms with Crippen molar-refractivity contribution in [2.75, 3.05) is 11.9 Å². The van der Waals surface area contributed by atoms with Crippen LogP contribution in [0.5, 0.6) is 0 Å². The highest BCUT2D eigenvalue weighted by Gasteiger charge is 2.09. The molecule has 2 aromatic carbocycles. The van der Waals surface area contributed by atoms with Gasteiger partial charge in [0.1, 0.15) is 5.82 Å². The smallest absolute Gasteiger partial charge is 0.332 e. The fourth-order valence-corrected chi connectivity index (χ4v) is 1.94. The Balaban J connectivity index is 2.30. The Morgan fingerprint density at radius 3 is 2.38 bits per heavy atom. The second kappa shape index (κ2) is 7.87. The fraction of sp³-hybridized carbons (Fsp3) is 0.118. The standard InChI is InChI=1S/C17H15FN2O4/c1-2-24-17(21)11-16(12-3-5-13(18)6-4-12)19-14-7-9-15(10-8-14)20(22)23/h3-11,19H,2H2,1H3/b16-11-. The van der Waals surface area contributed by atoms with Crippen LogP contribution in [0, 0.1) is 15.9 Å². The zero-order chi connectivity index (χ0) is 17.5. The van der Waals surface area contributed by atoms with Crippen LogP contribution in [0.25, 0.3) is 5.70 Å². The summed E-state index contributed by atoms with van der Waals surface area (Å²) in [7, 11) is 0. The molecule has 0 saturated carbocycles. The van der Waals surface area contributed by atoms with E-state index in [0.29, 0.717) is 16.9 Å². The van der Waals surface area contributed by atoms with Crippen LogP contribution in [0.3, 0.4) is 0 Å². The van der Waals surface area contributed by atoms with E-state index in [-0.39, 0.29) is 12.3 Å². The minimum Gasteiger partial charge on any atom is -0.463 e. The number of esters is 1. The molecule has 0 amide bonds. The molecule has 0 saturated heterocycles. The molecule has 2 rings (SSSR count). The van der Waals surface area contributed by atoms with E-state index >= 15 is 0 Å². The molecule has 0 bridgehead atoms. The van der Waals surface area contributed by atoms with Crippen LogP contribution in [0.1, 0.15) is 12.5 Å². The van der Waals surface area contributed by atoms with E-state index in [1.807, 2.05) is 0 Å². The first-order chi connectivity index (χ1) is 11.5. The van der Waals surface area contributed by atoms with Gasteiger partial charge < -0.3 is 10.1 Å². The number of carbonyl (C=O) groups excluding carboxylic acids is 1. The van der Waals surface area contributed by atoms with Gasteiger partial charge in [-0.1, -0.05) is 0 Å². The van der Waals surface area contributed by atoms with Gasteiger partial charge in [-0.15, -0.1) is 0 Å². The number of benzene rings is 2. The largest absolute Gasteiger partial charge is 0.463 e. The second-order valence-corrected chi connectivity index (χ2v) is 4.75. The second-order valence-electron chi connectivity index (χ2n) is 4.75. The molecule has 124 valence electrons. The number of anilines is 1. The summed E-state index contributed by atoms with van der Waals surface area (Å²) in [5.74, 6) is -0.948. The molecule has 0 fully saturated rings. The lowest BCUT2D eigenvalue weighted by molar-refractivity contribution is -0.384. The van der Waals surface area contributed by atoms with E-state index in [1.165, 1.54) is 54.6 Å². The number of halogens is 1. The Morgan fingerprint density at radius 2 is 1.83 bits per heavy atom. The Morgan fingerprint density at radius 1 is 1.21 bits per heavy atom. The number of nitrogens with one attached hydrogen (secondary N) is 1. The third-order valence-electron chi connectivity index (χ3n) is 3.06. The average Bonchev–Trinajstić information content (AvgIpc) is 2.55. The number of hydrogen-bond donors (Lipinski definition) is 1. The minimum absolute atomic E-state index is 0.0433. The fourth-order valence-electron chi connectivity index (χ4n) is 1.94. The number of ether oxygens (including phenoxy) is 1. The molecule has 24 heavy (non-hydrogen) atoms.